The van der Waals surface area contributed by atoms with Crippen LogP contribution in [-0.2, 0) is 4.74 Å². The first-order valence-corrected chi connectivity index (χ1v) is 6.42. The Hall–Kier alpha value is -1.63. The number of aromatic nitrogens is 3. The fourth-order valence-corrected chi connectivity index (χ4v) is 2.33. The molecule has 2 saturated heterocycles. The zero-order valence-corrected chi connectivity index (χ0v) is 10.4. The summed E-state index contributed by atoms with van der Waals surface area (Å²) >= 11 is 0. The van der Waals surface area contributed by atoms with Crippen LogP contribution in [0.4, 0.5) is 17.8 Å². The summed E-state index contributed by atoms with van der Waals surface area (Å²) in [5.74, 6) is 1.68. The molecule has 0 aliphatic carbocycles. The van der Waals surface area contributed by atoms with E-state index in [1.807, 2.05) is 0 Å². The van der Waals surface area contributed by atoms with Gasteiger partial charge in [0.05, 0.1) is 13.2 Å². The van der Waals surface area contributed by atoms with Crippen LogP contribution in [0.5, 0.6) is 0 Å². The zero-order chi connectivity index (χ0) is 12.4. The van der Waals surface area contributed by atoms with Crippen molar-refractivity contribution in [2.24, 2.45) is 0 Å². The van der Waals surface area contributed by atoms with Gasteiger partial charge in [-0.3, -0.25) is 0 Å². The van der Waals surface area contributed by atoms with Gasteiger partial charge in [0.25, 0.3) is 0 Å². The highest BCUT2D eigenvalue weighted by atomic mass is 16.5. The number of hydrogen-bond donors (Lipinski definition) is 1. The lowest BCUT2D eigenvalue weighted by Gasteiger charge is -2.27. The highest BCUT2D eigenvalue weighted by molar-refractivity contribution is 5.44. The highest BCUT2D eigenvalue weighted by Crippen LogP contribution is 2.19. The van der Waals surface area contributed by atoms with E-state index in [1.165, 1.54) is 12.8 Å². The van der Waals surface area contributed by atoms with Crippen LogP contribution < -0.4 is 15.5 Å². The van der Waals surface area contributed by atoms with Crippen molar-refractivity contribution in [1.29, 1.82) is 0 Å². The summed E-state index contributed by atoms with van der Waals surface area (Å²) in [4.78, 5) is 17.3. The predicted molar refractivity (Wildman–Crippen MR) is 68.7 cm³/mol. The van der Waals surface area contributed by atoms with Gasteiger partial charge in [-0.15, -0.1) is 0 Å². The van der Waals surface area contributed by atoms with Crippen LogP contribution in [0.25, 0.3) is 0 Å². The molecule has 0 bridgehead atoms. The molecule has 0 spiro atoms. The van der Waals surface area contributed by atoms with Gasteiger partial charge in [-0.25, -0.2) is 0 Å². The molecular formula is C11H18N6O. The Bertz CT molecular complexity index is 414. The molecule has 2 fully saturated rings. The van der Waals surface area contributed by atoms with Crippen LogP contribution in [0, 0.1) is 0 Å². The monoisotopic (exact) mass is 250 g/mol. The standard InChI is InChI=1S/C11H18N6O/c12-9-13-10(16-3-1-2-4-16)15-11(14-9)17-5-7-18-8-6-17/h1-8H2,(H2,12,13,14,15). The molecule has 0 saturated carbocycles. The van der Waals surface area contributed by atoms with Gasteiger partial charge in [0.2, 0.25) is 17.8 Å². The quantitative estimate of drug-likeness (QED) is 0.784. The molecular weight excluding hydrogens is 232 g/mol. The number of ether oxygens (including phenoxy) is 1. The topological polar surface area (TPSA) is 80.4 Å². The smallest absolute Gasteiger partial charge is 0.232 e. The van der Waals surface area contributed by atoms with Crippen molar-refractivity contribution < 1.29 is 4.74 Å². The summed E-state index contributed by atoms with van der Waals surface area (Å²) in [6.07, 6.45) is 2.39. The SMILES string of the molecule is Nc1nc(N2CCCC2)nc(N2CCOCC2)n1. The van der Waals surface area contributed by atoms with E-state index in [9.17, 15) is 0 Å². The van der Waals surface area contributed by atoms with E-state index in [4.69, 9.17) is 10.5 Å². The first kappa shape index (κ1) is 11.5. The van der Waals surface area contributed by atoms with Gasteiger partial charge < -0.3 is 20.3 Å². The molecule has 1 aromatic heterocycles. The predicted octanol–water partition coefficient (Wildman–Crippen LogP) is -0.109. The second kappa shape index (κ2) is 4.93. The minimum Gasteiger partial charge on any atom is -0.378 e. The summed E-state index contributed by atoms with van der Waals surface area (Å²) < 4.78 is 5.33. The molecule has 7 nitrogen and oxygen atoms in total. The Kier molecular flexibility index (Phi) is 3.14. The van der Waals surface area contributed by atoms with Crippen molar-refractivity contribution in [1.82, 2.24) is 15.0 Å². The van der Waals surface area contributed by atoms with Gasteiger partial charge in [-0.1, -0.05) is 0 Å². The van der Waals surface area contributed by atoms with Crippen molar-refractivity contribution in [3.63, 3.8) is 0 Å². The molecule has 3 rings (SSSR count). The van der Waals surface area contributed by atoms with Crippen LogP contribution in [0.3, 0.4) is 0 Å². The molecule has 18 heavy (non-hydrogen) atoms. The average Bonchev–Trinajstić information content (AvgIpc) is 2.93. The number of anilines is 3. The number of nitrogens with zero attached hydrogens (tertiary/aromatic N) is 5. The summed E-state index contributed by atoms with van der Waals surface area (Å²) in [5, 5.41) is 0. The van der Waals surface area contributed by atoms with Crippen molar-refractivity contribution in [2.45, 2.75) is 12.8 Å². The molecule has 1 aromatic rings. The number of hydrogen-bond acceptors (Lipinski definition) is 7. The number of nitrogens with two attached hydrogens (primary N) is 1. The molecule has 2 aliphatic heterocycles. The Morgan fingerprint density at radius 2 is 1.39 bits per heavy atom. The zero-order valence-electron chi connectivity index (χ0n) is 10.4. The Morgan fingerprint density at radius 1 is 0.833 bits per heavy atom. The molecule has 7 heteroatoms. The van der Waals surface area contributed by atoms with E-state index in [0.29, 0.717) is 31.1 Å². The largest absolute Gasteiger partial charge is 0.378 e. The summed E-state index contributed by atoms with van der Waals surface area (Å²) in [6, 6.07) is 0. The van der Waals surface area contributed by atoms with Crippen molar-refractivity contribution in [3.05, 3.63) is 0 Å². The fourth-order valence-electron chi connectivity index (χ4n) is 2.33. The maximum absolute atomic E-state index is 5.79. The summed E-state index contributed by atoms with van der Waals surface area (Å²) in [6.45, 7) is 5.05. The Labute approximate surface area is 106 Å². The maximum Gasteiger partial charge on any atom is 0.232 e. The van der Waals surface area contributed by atoms with Gasteiger partial charge in [0.1, 0.15) is 0 Å². The second-order valence-electron chi connectivity index (χ2n) is 4.59. The molecule has 0 radical (unpaired) electrons. The summed E-state index contributed by atoms with van der Waals surface area (Å²) in [7, 11) is 0. The molecule has 0 unspecified atom stereocenters. The minimum atomic E-state index is 0.299. The van der Waals surface area contributed by atoms with E-state index in [1.54, 1.807) is 0 Å². The molecule has 0 amide bonds. The minimum absolute atomic E-state index is 0.299. The molecule has 3 heterocycles. The van der Waals surface area contributed by atoms with Crippen molar-refractivity contribution >= 4 is 17.8 Å². The molecule has 2 N–H and O–H groups in total. The normalized spacial score (nSPS) is 20.4. The van der Waals surface area contributed by atoms with E-state index in [-0.39, 0.29) is 0 Å². The first-order chi connectivity index (χ1) is 8.83. The Morgan fingerprint density at radius 3 is 2.00 bits per heavy atom. The third-order valence-electron chi connectivity index (χ3n) is 3.31. The van der Waals surface area contributed by atoms with Gasteiger partial charge in [0.15, 0.2) is 0 Å². The van der Waals surface area contributed by atoms with Gasteiger partial charge in [-0.05, 0) is 12.8 Å². The third-order valence-corrected chi connectivity index (χ3v) is 3.31. The lowest BCUT2D eigenvalue weighted by Crippen LogP contribution is -2.38. The van der Waals surface area contributed by atoms with Crippen LogP contribution in [0.1, 0.15) is 12.8 Å². The van der Waals surface area contributed by atoms with Crippen molar-refractivity contribution in [3.8, 4) is 0 Å². The number of rotatable bonds is 2. The second-order valence-corrected chi connectivity index (χ2v) is 4.59. The highest BCUT2D eigenvalue weighted by Gasteiger charge is 2.20. The molecule has 2 aliphatic rings. The van der Waals surface area contributed by atoms with Gasteiger partial charge in [0, 0.05) is 26.2 Å². The molecule has 98 valence electrons. The fraction of sp³-hybridized carbons (Fsp3) is 0.727. The Balaban J connectivity index is 1.84. The van der Waals surface area contributed by atoms with E-state index in [2.05, 4.69) is 24.8 Å². The van der Waals surface area contributed by atoms with Gasteiger partial charge >= 0.3 is 0 Å². The van der Waals surface area contributed by atoms with E-state index < -0.39 is 0 Å². The number of nitrogen functional groups attached to an aromatic ring is 1. The lowest BCUT2D eigenvalue weighted by atomic mass is 10.4. The molecule has 0 atom stereocenters. The maximum atomic E-state index is 5.79. The van der Waals surface area contributed by atoms with Crippen LogP contribution in [-0.4, -0.2) is 54.3 Å². The summed E-state index contributed by atoms with van der Waals surface area (Å²) in [5.41, 5.74) is 5.79. The number of morpholine rings is 1. The van der Waals surface area contributed by atoms with Crippen molar-refractivity contribution in [2.75, 3.05) is 54.9 Å². The van der Waals surface area contributed by atoms with E-state index in [0.717, 1.165) is 26.2 Å². The third kappa shape index (κ3) is 2.31. The van der Waals surface area contributed by atoms with Crippen LogP contribution >= 0.6 is 0 Å². The van der Waals surface area contributed by atoms with Crippen LogP contribution in [0.2, 0.25) is 0 Å². The lowest BCUT2D eigenvalue weighted by molar-refractivity contribution is 0.122. The molecule has 0 aromatic carbocycles. The first-order valence-electron chi connectivity index (χ1n) is 6.42. The average molecular weight is 250 g/mol. The van der Waals surface area contributed by atoms with Crippen LogP contribution in [0.15, 0.2) is 0 Å². The van der Waals surface area contributed by atoms with E-state index >= 15 is 0 Å². The van der Waals surface area contributed by atoms with Gasteiger partial charge in [-0.2, -0.15) is 15.0 Å².